The molecule has 4 heteroatoms. The van der Waals surface area contributed by atoms with E-state index in [0.717, 1.165) is 11.3 Å². The molecule has 0 atom stereocenters. The first-order chi connectivity index (χ1) is 6.65. The second-order valence-electron chi connectivity index (χ2n) is 2.92. The third kappa shape index (κ3) is 2.45. The topological polar surface area (TPSA) is 44.1 Å². The van der Waals surface area contributed by atoms with Crippen LogP contribution in [0.4, 0.5) is 0 Å². The molecule has 0 radical (unpaired) electrons. The lowest BCUT2D eigenvalue weighted by atomic mass is 10.2. The largest absolute Gasteiger partial charge is 0.463 e. The Balaban J connectivity index is 2.79. The van der Waals surface area contributed by atoms with Crippen LogP contribution in [0, 0.1) is 0 Å². The normalized spacial score (nSPS) is 11.5. The lowest BCUT2D eigenvalue weighted by molar-refractivity contribution is -0.137. The molecule has 0 unspecified atom stereocenters. The number of nitrogens with zero attached hydrogens (tertiary/aromatic N) is 2. The van der Waals surface area contributed by atoms with Gasteiger partial charge in [-0.25, -0.2) is 4.79 Å². The zero-order chi connectivity index (χ0) is 10.6. The maximum Gasteiger partial charge on any atom is 0.331 e. The van der Waals surface area contributed by atoms with Crippen LogP contribution in [-0.2, 0) is 16.6 Å². The van der Waals surface area contributed by atoms with Crippen molar-refractivity contribution in [2.45, 2.75) is 13.8 Å². The SMILES string of the molecule is CCOC(=O)/C=C(/C)c1ccnn1C. The van der Waals surface area contributed by atoms with Crippen molar-refractivity contribution in [1.82, 2.24) is 9.78 Å². The number of esters is 1. The molecular formula is C10H14N2O2. The van der Waals surface area contributed by atoms with Gasteiger partial charge in [0.25, 0.3) is 0 Å². The van der Waals surface area contributed by atoms with E-state index in [-0.39, 0.29) is 5.97 Å². The lowest BCUT2D eigenvalue weighted by Crippen LogP contribution is -2.02. The molecule has 0 bridgehead atoms. The molecule has 0 fully saturated rings. The van der Waals surface area contributed by atoms with Gasteiger partial charge >= 0.3 is 5.97 Å². The molecule has 1 rings (SSSR count). The highest BCUT2D eigenvalue weighted by Gasteiger charge is 2.03. The third-order valence-corrected chi connectivity index (χ3v) is 1.85. The fourth-order valence-corrected chi connectivity index (χ4v) is 1.20. The quantitative estimate of drug-likeness (QED) is 0.539. The lowest BCUT2D eigenvalue weighted by Gasteiger charge is -2.01. The third-order valence-electron chi connectivity index (χ3n) is 1.85. The van der Waals surface area contributed by atoms with Crippen molar-refractivity contribution < 1.29 is 9.53 Å². The highest BCUT2D eigenvalue weighted by atomic mass is 16.5. The Hall–Kier alpha value is -1.58. The molecule has 0 saturated heterocycles. The summed E-state index contributed by atoms with van der Waals surface area (Å²) in [6, 6.07) is 1.85. The molecule has 14 heavy (non-hydrogen) atoms. The van der Waals surface area contributed by atoms with E-state index < -0.39 is 0 Å². The first-order valence-electron chi connectivity index (χ1n) is 4.48. The molecule has 1 heterocycles. The minimum atomic E-state index is -0.314. The number of ether oxygens (including phenoxy) is 1. The second kappa shape index (κ2) is 4.60. The van der Waals surface area contributed by atoms with Gasteiger partial charge in [0.05, 0.1) is 12.3 Å². The number of hydrogen-bond donors (Lipinski definition) is 0. The van der Waals surface area contributed by atoms with Crippen LogP contribution in [0.15, 0.2) is 18.3 Å². The van der Waals surface area contributed by atoms with Gasteiger partial charge in [0.2, 0.25) is 0 Å². The van der Waals surface area contributed by atoms with Crippen LogP contribution in [0.25, 0.3) is 5.57 Å². The van der Waals surface area contributed by atoms with Crippen LogP contribution in [0.5, 0.6) is 0 Å². The molecule has 0 aliphatic carbocycles. The van der Waals surface area contributed by atoms with Crippen molar-refractivity contribution in [1.29, 1.82) is 0 Å². The maximum atomic E-state index is 11.1. The molecule has 0 aliphatic heterocycles. The monoisotopic (exact) mass is 194 g/mol. The summed E-state index contributed by atoms with van der Waals surface area (Å²) in [6.45, 7) is 4.03. The Morgan fingerprint density at radius 2 is 2.43 bits per heavy atom. The maximum absolute atomic E-state index is 11.1. The summed E-state index contributed by atoms with van der Waals surface area (Å²) in [5, 5.41) is 4.01. The van der Waals surface area contributed by atoms with E-state index in [4.69, 9.17) is 4.74 Å². The Bertz CT molecular complexity index is 353. The summed E-state index contributed by atoms with van der Waals surface area (Å²) in [4.78, 5) is 11.1. The van der Waals surface area contributed by atoms with Gasteiger partial charge in [-0.3, -0.25) is 4.68 Å². The average molecular weight is 194 g/mol. The predicted molar refractivity (Wildman–Crippen MR) is 53.5 cm³/mol. The fraction of sp³-hybridized carbons (Fsp3) is 0.400. The Labute approximate surface area is 83.2 Å². The number of hydrogen-bond acceptors (Lipinski definition) is 3. The van der Waals surface area contributed by atoms with Crippen molar-refractivity contribution in [3.8, 4) is 0 Å². The smallest absolute Gasteiger partial charge is 0.331 e. The number of aryl methyl sites for hydroxylation is 1. The van der Waals surface area contributed by atoms with E-state index in [1.54, 1.807) is 17.8 Å². The van der Waals surface area contributed by atoms with Gasteiger partial charge in [0.1, 0.15) is 0 Å². The molecule has 0 aromatic carbocycles. The Kier molecular flexibility index (Phi) is 3.45. The predicted octanol–water partition coefficient (Wildman–Crippen LogP) is 1.39. The van der Waals surface area contributed by atoms with Gasteiger partial charge < -0.3 is 4.74 Å². The molecular weight excluding hydrogens is 180 g/mol. The molecule has 1 aromatic heterocycles. The van der Waals surface area contributed by atoms with Crippen LogP contribution >= 0.6 is 0 Å². The van der Waals surface area contributed by atoms with Crippen molar-refractivity contribution in [2.24, 2.45) is 7.05 Å². The van der Waals surface area contributed by atoms with Crippen LogP contribution < -0.4 is 0 Å². The Morgan fingerprint density at radius 1 is 1.71 bits per heavy atom. The fourth-order valence-electron chi connectivity index (χ4n) is 1.20. The average Bonchev–Trinajstić information content (AvgIpc) is 2.51. The number of carbonyl (C=O) groups is 1. The van der Waals surface area contributed by atoms with E-state index in [1.807, 2.05) is 20.0 Å². The van der Waals surface area contributed by atoms with Crippen LogP contribution in [0.1, 0.15) is 19.5 Å². The van der Waals surface area contributed by atoms with Gasteiger partial charge in [-0.2, -0.15) is 5.10 Å². The summed E-state index contributed by atoms with van der Waals surface area (Å²) in [7, 11) is 1.83. The number of rotatable bonds is 3. The number of aromatic nitrogens is 2. The summed E-state index contributed by atoms with van der Waals surface area (Å²) in [5.74, 6) is -0.314. The van der Waals surface area contributed by atoms with E-state index in [9.17, 15) is 4.79 Å². The highest BCUT2D eigenvalue weighted by Crippen LogP contribution is 2.11. The van der Waals surface area contributed by atoms with Crippen LogP contribution in [0.2, 0.25) is 0 Å². The summed E-state index contributed by atoms with van der Waals surface area (Å²) < 4.78 is 6.52. The Morgan fingerprint density at radius 3 is 2.93 bits per heavy atom. The zero-order valence-electron chi connectivity index (χ0n) is 8.65. The van der Waals surface area contributed by atoms with Gasteiger partial charge in [0, 0.05) is 19.3 Å². The van der Waals surface area contributed by atoms with Gasteiger partial charge in [-0.1, -0.05) is 0 Å². The standard InChI is InChI=1S/C10H14N2O2/c1-4-14-10(13)7-8(2)9-5-6-11-12(9)3/h5-7H,4H2,1-3H3/b8-7-. The van der Waals surface area contributed by atoms with E-state index in [2.05, 4.69) is 5.10 Å². The molecule has 0 spiro atoms. The summed E-state index contributed by atoms with van der Waals surface area (Å²) in [6.07, 6.45) is 3.17. The van der Waals surface area contributed by atoms with E-state index >= 15 is 0 Å². The van der Waals surface area contributed by atoms with Crippen molar-refractivity contribution >= 4 is 11.5 Å². The first-order valence-corrected chi connectivity index (χ1v) is 4.48. The zero-order valence-corrected chi connectivity index (χ0v) is 8.65. The van der Waals surface area contributed by atoms with Gasteiger partial charge in [-0.05, 0) is 25.5 Å². The molecule has 0 N–H and O–H groups in total. The molecule has 0 saturated carbocycles. The summed E-state index contributed by atoms with van der Waals surface area (Å²) >= 11 is 0. The first kappa shape index (κ1) is 10.5. The highest BCUT2D eigenvalue weighted by molar-refractivity contribution is 5.90. The van der Waals surface area contributed by atoms with E-state index in [1.165, 1.54) is 6.08 Å². The van der Waals surface area contributed by atoms with Crippen LogP contribution in [0.3, 0.4) is 0 Å². The number of allylic oxidation sites excluding steroid dienone is 1. The second-order valence-corrected chi connectivity index (χ2v) is 2.92. The minimum absolute atomic E-state index is 0.314. The van der Waals surface area contributed by atoms with Crippen LogP contribution in [-0.4, -0.2) is 22.4 Å². The van der Waals surface area contributed by atoms with Crippen molar-refractivity contribution in [3.05, 3.63) is 24.0 Å². The minimum Gasteiger partial charge on any atom is -0.463 e. The molecule has 0 amide bonds. The molecule has 76 valence electrons. The summed E-state index contributed by atoms with van der Waals surface area (Å²) in [5.41, 5.74) is 1.77. The van der Waals surface area contributed by atoms with E-state index in [0.29, 0.717) is 6.61 Å². The van der Waals surface area contributed by atoms with Gasteiger partial charge in [-0.15, -0.1) is 0 Å². The van der Waals surface area contributed by atoms with Gasteiger partial charge in [0.15, 0.2) is 0 Å². The molecule has 1 aromatic rings. The molecule has 0 aliphatic rings. The van der Waals surface area contributed by atoms with Crippen molar-refractivity contribution in [2.75, 3.05) is 6.61 Å². The van der Waals surface area contributed by atoms with Crippen molar-refractivity contribution in [3.63, 3.8) is 0 Å². The number of carbonyl (C=O) groups excluding carboxylic acids is 1. The molecule has 4 nitrogen and oxygen atoms in total.